The van der Waals surface area contributed by atoms with Crippen LogP contribution in [-0.2, 0) is 139 Å². The van der Waals surface area contributed by atoms with Crippen molar-refractivity contribution in [3.8, 4) is 0 Å². The maximum absolute atomic E-state index is 5.56. The van der Waals surface area contributed by atoms with Gasteiger partial charge in [0, 0.05) is 0 Å². The van der Waals surface area contributed by atoms with Gasteiger partial charge in [-0.05, 0) is 33.4 Å². The normalized spacial score (nSPS) is 11.2. The van der Waals surface area contributed by atoms with Crippen molar-refractivity contribution < 1.29 is 27.1 Å². The number of rotatable bonds is 18. The average Bonchev–Trinajstić information content (AvgIpc) is 3.25. The van der Waals surface area contributed by atoms with E-state index < -0.39 is 17.1 Å². The standard InChI is InChI=1S/3C14H15O2PS2.Sb/c3*18-17(19,15-11-13-7-3-1-4-8-13)16-12-14-9-5-2-6-10-14;/h3*1-10H,11-12H2,(H,18,19);/q;;;+3/p-3. The third kappa shape index (κ3) is 23.2. The monoisotopic (exact) mass is 1050 g/mol. The summed E-state index contributed by atoms with van der Waals surface area (Å²) < 4.78 is 33.3. The molecule has 6 aromatic carbocycles. The first kappa shape index (κ1) is 51.2. The molecule has 0 spiro atoms. The van der Waals surface area contributed by atoms with E-state index in [4.69, 9.17) is 99.3 Å². The molecule has 0 bridgehead atoms. The molecule has 0 heterocycles. The molecular weight excluding hydrogens is 1010 g/mol. The number of benzene rings is 6. The summed E-state index contributed by atoms with van der Waals surface area (Å²) in [5, 5.41) is 0. The third-order valence-electron chi connectivity index (χ3n) is 7.39. The van der Waals surface area contributed by atoms with Gasteiger partial charge in [0.15, 0.2) is 0 Å². The Hall–Kier alpha value is -1.10. The van der Waals surface area contributed by atoms with Crippen LogP contribution in [0.3, 0.4) is 0 Å². The predicted octanol–water partition coefficient (Wildman–Crippen LogP) is 12.2. The summed E-state index contributed by atoms with van der Waals surface area (Å²) in [4.78, 5) is 0. The van der Waals surface area contributed by atoms with Crippen LogP contribution >= 0.6 is 17.1 Å². The molecule has 0 aromatic heterocycles. The Morgan fingerprint density at radius 2 is 0.397 bits per heavy atom. The van der Waals surface area contributed by atoms with Gasteiger partial charge >= 0.3 is 24.4 Å². The summed E-state index contributed by atoms with van der Waals surface area (Å²) in [5.74, 6) is 0. The van der Waals surface area contributed by atoms with Gasteiger partial charge < -0.3 is 63.9 Å². The van der Waals surface area contributed by atoms with Gasteiger partial charge in [0.1, 0.15) is 0 Å². The molecule has 2 radical (unpaired) electrons. The second-order valence-corrected chi connectivity index (χ2v) is 26.9. The van der Waals surface area contributed by atoms with E-state index in [0.29, 0.717) is 39.6 Å². The van der Waals surface area contributed by atoms with E-state index in [1.807, 2.05) is 182 Å². The average molecular weight is 1050 g/mol. The molecule has 6 rings (SSSR count). The van der Waals surface area contributed by atoms with E-state index >= 15 is 0 Å². The fourth-order valence-corrected chi connectivity index (χ4v) is 8.44. The fourth-order valence-electron chi connectivity index (χ4n) is 4.48. The Kier molecular flexibility index (Phi) is 25.2. The van der Waals surface area contributed by atoms with Crippen LogP contribution in [0.5, 0.6) is 0 Å². The molecule has 0 aliphatic carbocycles. The number of hydrogen-bond acceptors (Lipinski definition) is 12. The predicted molar refractivity (Wildman–Crippen MR) is 258 cm³/mol. The van der Waals surface area contributed by atoms with Crippen LogP contribution < -0.4 is 0 Å². The van der Waals surface area contributed by atoms with Gasteiger partial charge in [0.2, 0.25) is 0 Å². The third-order valence-corrected chi connectivity index (χ3v) is 13.9. The molecule has 0 saturated carbocycles. The molecule has 302 valence electrons. The van der Waals surface area contributed by atoms with Crippen molar-refractivity contribution in [2.45, 2.75) is 39.6 Å². The smallest absolute Gasteiger partial charge is 0.691 e. The summed E-state index contributed by atoms with van der Waals surface area (Å²) in [5.41, 5.74) is -1.54. The van der Waals surface area contributed by atoms with Gasteiger partial charge in [-0.2, -0.15) is 0 Å². The van der Waals surface area contributed by atoms with Gasteiger partial charge in [-0.15, -0.1) is 0 Å². The van der Waals surface area contributed by atoms with Crippen LogP contribution in [0, 0.1) is 0 Å². The second kappa shape index (κ2) is 28.5. The van der Waals surface area contributed by atoms with Gasteiger partial charge in [-0.3, -0.25) is 0 Å². The van der Waals surface area contributed by atoms with Gasteiger partial charge in [0.05, 0.1) is 56.7 Å². The second-order valence-electron chi connectivity index (χ2n) is 11.9. The first-order valence-corrected chi connectivity index (χ1v) is 28.5. The van der Waals surface area contributed by atoms with E-state index in [1.54, 1.807) is 0 Å². The molecule has 0 aliphatic heterocycles. The molecule has 0 amide bonds. The van der Waals surface area contributed by atoms with Crippen molar-refractivity contribution in [2.24, 2.45) is 0 Å². The van der Waals surface area contributed by atoms with E-state index in [-0.39, 0.29) is 24.4 Å². The minimum Gasteiger partial charge on any atom is -0.691 e. The zero-order valence-corrected chi connectivity index (χ0v) is 41.4. The Labute approximate surface area is 392 Å². The topological polar surface area (TPSA) is 55.4 Å². The van der Waals surface area contributed by atoms with Gasteiger partial charge in [-0.1, -0.05) is 217 Å². The molecule has 0 atom stereocenters. The molecule has 6 nitrogen and oxygen atoms in total. The SMILES string of the molecule is S=P([S-])(OCc1ccccc1)OCc1ccccc1.S=P([S-])(OCc1ccccc1)OCc1ccccc1.S=P([S-])(OCc1ccccc1)OCc1ccccc1.[Sb+3]. The van der Waals surface area contributed by atoms with Crippen molar-refractivity contribution in [3.63, 3.8) is 0 Å². The molecular formula is C42H42O6P3S6Sb. The van der Waals surface area contributed by atoms with E-state index in [9.17, 15) is 0 Å². The Morgan fingerprint density at radius 1 is 0.276 bits per heavy atom. The minimum atomic E-state index is -2.61. The van der Waals surface area contributed by atoms with Gasteiger partial charge in [-0.25, -0.2) is 0 Å². The minimum absolute atomic E-state index is 0. The van der Waals surface area contributed by atoms with E-state index in [0.717, 1.165) is 33.4 Å². The molecule has 0 fully saturated rings. The van der Waals surface area contributed by atoms with Crippen LogP contribution in [0.25, 0.3) is 0 Å². The summed E-state index contributed by atoms with van der Waals surface area (Å²) in [6.07, 6.45) is 0. The van der Waals surface area contributed by atoms with Crippen LogP contribution in [0.4, 0.5) is 0 Å². The first-order chi connectivity index (χ1) is 27.5. The van der Waals surface area contributed by atoms with Crippen LogP contribution in [0.1, 0.15) is 33.4 Å². The summed E-state index contributed by atoms with van der Waals surface area (Å²) >= 11 is 31.3. The van der Waals surface area contributed by atoms with E-state index in [2.05, 4.69) is 0 Å². The van der Waals surface area contributed by atoms with E-state index in [1.165, 1.54) is 0 Å². The fraction of sp³-hybridized carbons (Fsp3) is 0.143. The van der Waals surface area contributed by atoms with Crippen molar-refractivity contribution in [2.75, 3.05) is 0 Å². The van der Waals surface area contributed by atoms with Crippen molar-refractivity contribution in [3.05, 3.63) is 215 Å². The number of hydrogen-bond donors (Lipinski definition) is 0. The maximum atomic E-state index is 5.56. The molecule has 0 aliphatic rings. The molecule has 0 N–H and O–H groups in total. The molecule has 58 heavy (non-hydrogen) atoms. The summed E-state index contributed by atoms with van der Waals surface area (Å²) in [7, 11) is 0. The largest absolute Gasteiger partial charge is 3.00 e. The van der Waals surface area contributed by atoms with Crippen molar-refractivity contribution in [1.29, 1.82) is 0 Å². The Morgan fingerprint density at radius 3 is 0.517 bits per heavy atom. The molecule has 0 unspecified atom stereocenters. The van der Waals surface area contributed by atoms with Crippen molar-refractivity contribution in [1.82, 2.24) is 0 Å². The summed E-state index contributed by atoms with van der Waals surface area (Å²) in [6, 6.07) is 58.9. The van der Waals surface area contributed by atoms with Crippen LogP contribution in [0.15, 0.2) is 182 Å². The Bertz CT molecular complexity index is 1750. The maximum Gasteiger partial charge on any atom is 3.00 e. The zero-order valence-electron chi connectivity index (χ0n) is 31.3. The molecule has 6 aromatic rings. The summed E-state index contributed by atoms with van der Waals surface area (Å²) in [6.45, 7) is 2.40. The molecule has 0 saturated heterocycles. The Balaban J connectivity index is 0.000000231. The van der Waals surface area contributed by atoms with Crippen LogP contribution in [-0.4, -0.2) is 24.4 Å². The van der Waals surface area contributed by atoms with Gasteiger partial charge in [0.25, 0.3) is 0 Å². The first-order valence-electron chi connectivity index (χ1n) is 17.5. The quantitative estimate of drug-likeness (QED) is 0.0468. The zero-order chi connectivity index (χ0) is 40.7. The molecule has 16 heteroatoms. The van der Waals surface area contributed by atoms with Crippen molar-refractivity contribution >= 4 is 114 Å². The van der Waals surface area contributed by atoms with Crippen LogP contribution in [0.2, 0.25) is 0 Å².